The maximum absolute atomic E-state index is 9.07. The predicted octanol–water partition coefficient (Wildman–Crippen LogP) is 1.50. The lowest BCUT2D eigenvalue weighted by atomic mass is 10.1. The number of pyridine rings is 1. The van der Waals surface area contributed by atoms with Gasteiger partial charge in [0, 0.05) is 19.3 Å². The van der Waals surface area contributed by atoms with Crippen LogP contribution in [0.15, 0.2) is 12.3 Å². The Labute approximate surface area is 102 Å². The third-order valence-electron chi connectivity index (χ3n) is 3.18. The minimum absolute atomic E-state index is 0.0504. The molecule has 0 saturated carbocycles. The van der Waals surface area contributed by atoms with Crippen molar-refractivity contribution in [3.63, 3.8) is 0 Å². The second-order valence-electron chi connectivity index (χ2n) is 4.49. The molecule has 1 unspecified atom stereocenters. The summed E-state index contributed by atoms with van der Waals surface area (Å²) >= 11 is 0. The van der Waals surface area contributed by atoms with E-state index in [1.807, 2.05) is 13.0 Å². The van der Waals surface area contributed by atoms with Gasteiger partial charge in [0.2, 0.25) is 0 Å². The van der Waals surface area contributed by atoms with Gasteiger partial charge in [0.15, 0.2) is 0 Å². The first kappa shape index (κ1) is 12.3. The first-order valence-electron chi connectivity index (χ1n) is 6.17. The summed E-state index contributed by atoms with van der Waals surface area (Å²) in [5, 5.41) is 9.07. The molecule has 0 amide bonds. The van der Waals surface area contributed by atoms with Crippen LogP contribution < -0.4 is 4.90 Å². The van der Waals surface area contributed by atoms with Crippen molar-refractivity contribution in [1.29, 1.82) is 0 Å². The molecule has 1 aromatic heterocycles. The van der Waals surface area contributed by atoms with E-state index in [1.54, 1.807) is 6.20 Å². The smallest absolute Gasteiger partial charge is 0.131 e. The van der Waals surface area contributed by atoms with Crippen molar-refractivity contribution in [2.24, 2.45) is 0 Å². The van der Waals surface area contributed by atoms with Crippen molar-refractivity contribution in [2.75, 3.05) is 24.6 Å². The fourth-order valence-corrected chi connectivity index (χ4v) is 2.20. The summed E-state index contributed by atoms with van der Waals surface area (Å²) in [4.78, 5) is 6.72. The van der Waals surface area contributed by atoms with Gasteiger partial charge in [0.05, 0.1) is 19.3 Å². The second kappa shape index (κ2) is 5.47. The van der Waals surface area contributed by atoms with Gasteiger partial charge in [-0.3, -0.25) is 0 Å². The molecule has 1 aliphatic heterocycles. The molecule has 4 heteroatoms. The average molecular weight is 236 g/mol. The molecule has 1 atom stereocenters. The lowest BCUT2D eigenvalue weighted by Crippen LogP contribution is -2.42. The number of aryl methyl sites for hydroxylation is 1. The lowest BCUT2D eigenvalue weighted by molar-refractivity contribution is 0.0381. The number of ether oxygens (including phenoxy) is 1. The zero-order valence-corrected chi connectivity index (χ0v) is 10.5. The second-order valence-corrected chi connectivity index (χ2v) is 4.49. The highest BCUT2D eigenvalue weighted by atomic mass is 16.5. The minimum atomic E-state index is 0.0504. The molecule has 1 N–H and O–H groups in total. The quantitative estimate of drug-likeness (QED) is 0.864. The summed E-state index contributed by atoms with van der Waals surface area (Å²) in [5.74, 6) is 1.02. The number of aliphatic hydroxyl groups excluding tert-OH is 1. The Kier molecular flexibility index (Phi) is 3.97. The van der Waals surface area contributed by atoms with Crippen LogP contribution in [0.25, 0.3) is 0 Å². The highest BCUT2D eigenvalue weighted by Crippen LogP contribution is 2.21. The molecule has 0 spiro atoms. The first-order chi connectivity index (χ1) is 8.24. The largest absolute Gasteiger partial charge is 0.392 e. The Balaban J connectivity index is 2.16. The highest BCUT2D eigenvalue weighted by molar-refractivity contribution is 5.47. The maximum atomic E-state index is 9.07. The van der Waals surface area contributed by atoms with E-state index in [1.165, 1.54) is 0 Å². The van der Waals surface area contributed by atoms with Crippen LogP contribution in [0.4, 0.5) is 5.82 Å². The third kappa shape index (κ3) is 2.76. The molecule has 4 nitrogen and oxygen atoms in total. The SMILES string of the molecule is CCC1CN(c2ncc(CO)cc2C)CCO1. The normalized spacial score (nSPS) is 20.6. The Bertz CT molecular complexity index is 382. The molecular weight excluding hydrogens is 216 g/mol. The van der Waals surface area contributed by atoms with Crippen LogP contribution in [0.3, 0.4) is 0 Å². The van der Waals surface area contributed by atoms with Crippen LogP contribution in [0.1, 0.15) is 24.5 Å². The van der Waals surface area contributed by atoms with Gasteiger partial charge >= 0.3 is 0 Å². The highest BCUT2D eigenvalue weighted by Gasteiger charge is 2.21. The van der Waals surface area contributed by atoms with Crippen molar-refractivity contribution >= 4 is 5.82 Å². The number of aromatic nitrogens is 1. The number of anilines is 1. The molecule has 94 valence electrons. The van der Waals surface area contributed by atoms with Gasteiger partial charge in [-0.25, -0.2) is 4.98 Å². The Morgan fingerprint density at radius 3 is 3.06 bits per heavy atom. The van der Waals surface area contributed by atoms with Gasteiger partial charge in [-0.15, -0.1) is 0 Å². The zero-order valence-electron chi connectivity index (χ0n) is 10.5. The molecule has 17 heavy (non-hydrogen) atoms. The molecule has 1 fully saturated rings. The van der Waals surface area contributed by atoms with Crippen molar-refractivity contribution in [1.82, 2.24) is 4.98 Å². The van der Waals surface area contributed by atoms with Gasteiger partial charge in [-0.2, -0.15) is 0 Å². The van der Waals surface area contributed by atoms with Crippen molar-refractivity contribution in [2.45, 2.75) is 33.0 Å². The van der Waals surface area contributed by atoms with Crippen molar-refractivity contribution < 1.29 is 9.84 Å². The number of morpholine rings is 1. The summed E-state index contributed by atoms with van der Waals surface area (Å²) in [6, 6.07) is 2.00. The lowest BCUT2D eigenvalue weighted by Gasteiger charge is -2.34. The zero-order chi connectivity index (χ0) is 12.3. The summed E-state index contributed by atoms with van der Waals surface area (Å²) < 4.78 is 5.65. The van der Waals surface area contributed by atoms with E-state index in [0.717, 1.165) is 43.1 Å². The number of nitrogens with zero attached hydrogens (tertiary/aromatic N) is 2. The summed E-state index contributed by atoms with van der Waals surface area (Å²) in [7, 11) is 0. The molecule has 0 radical (unpaired) electrons. The van der Waals surface area contributed by atoms with Gasteiger partial charge in [-0.05, 0) is 30.5 Å². The Morgan fingerprint density at radius 1 is 1.59 bits per heavy atom. The molecule has 1 aromatic rings. The number of hydrogen-bond acceptors (Lipinski definition) is 4. The van der Waals surface area contributed by atoms with Gasteiger partial charge in [0.25, 0.3) is 0 Å². The van der Waals surface area contributed by atoms with Crippen LogP contribution in [0.5, 0.6) is 0 Å². The van der Waals surface area contributed by atoms with Gasteiger partial charge in [0.1, 0.15) is 5.82 Å². The fourth-order valence-electron chi connectivity index (χ4n) is 2.20. The van der Waals surface area contributed by atoms with E-state index in [0.29, 0.717) is 6.10 Å². The maximum Gasteiger partial charge on any atom is 0.131 e. The number of aliphatic hydroxyl groups is 1. The van der Waals surface area contributed by atoms with Crippen LogP contribution in [-0.2, 0) is 11.3 Å². The van der Waals surface area contributed by atoms with E-state index in [2.05, 4.69) is 16.8 Å². The molecule has 1 aliphatic rings. The molecule has 1 saturated heterocycles. The summed E-state index contributed by atoms with van der Waals surface area (Å²) in [6.45, 7) is 6.79. The van der Waals surface area contributed by atoms with Crippen LogP contribution in [0.2, 0.25) is 0 Å². The van der Waals surface area contributed by atoms with Crippen LogP contribution >= 0.6 is 0 Å². The molecule has 0 bridgehead atoms. The van der Waals surface area contributed by atoms with E-state index < -0.39 is 0 Å². The van der Waals surface area contributed by atoms with Crippen LogP contribution in [0, 0.1) is 6.92 Å². The van der Waals surface area contributed by atoms with Crippen molar-refractivity contribution in [3.05, 3.63) is 23.4 Å². The number of rotatable bonds is 3. The van der Waals surface area contributed by atoms with Crippen molar-refractivity contribution in [3.8, 4) is 0 Å². The molecule has 2 rings (SSSR count). The number of hydrogen-bond donors (Lipinski definition) is 1. The topological polar surface area (TPSA) is 45.6 Å². The van der Waals surface area contributed by atoms with Crippen LogP contribution in [-0.4, -0.2) is 35.9 Å². The first-order valence-corrected chi connectivity index (χ1v) is 6.17. The van der Waals surface area contributed by atoms with E-state index in [4.69, 9.17) is 9.84 Å². The van der Waals surface area contributed by atoms with Gasteiger partial charge < -0.3 is 14.7 Å². The molecular formula is C13H20N2O2. The monoisotopic (exact) mass is 236 g/mol. The predicted molar refractivity (Wildman–Crippen MR) is 67.1 cm³/mol. The average Bonchev–Trinajstić information content (AvgIpc) is 2.38. The van der Waals surface area contributed by atoms with E-state index in [-0.39, 0.29) is 6.61 Å². The van der Waals surface area contributed by atoms with E-state index in [9.17, 15) is 0 Å². The third-order valence-corrected chi connectivity index (χ3v) is 3.18. The molecule has 2 heterocycles. The Hall–Kier alpha value is -1.13. The summed E-state index contributed by atoms with van der Waals surface area (Å²) in [6.07, 6.45) is 3.09. The standard InChI is InChI=1S/C13H20N2O2/c1-3-12-8-15(4-5-17-12)13-10(2)6-11(9-16)7-14-13/h6-7,12,16H,3-5,8-9H2,1-2H3. The Morgan fingerprint density at radius 2 is 2.41 bits per heavy atom. The van der Waals surface area contributed by atoms with E-state index >= 15 is 0 Å². The molecule has 0 aliphatic carbocycles. The minimum Gasteiger partial charge on any atom is -0.392 e. The van der Waals surface area contributed by atoms with Gasteiger partial charge in [-0.1, -0.05) is 6.92 Å². The fraction of sp³-hybridized carbons (Fsp3) is 0.615. The summed E-state index contributed by atoms with van der Waals surface area (Å²) in [5.41, 5.74) is 1.99. The molecule has 0 aromatic carbocycles.